The lowest BCUT2D eigenvalue weighted by atomic mass is 10.1. The zero-order chi connectivity index (χ0) is 23.5. The maximum Gasteiger partial charge on any atom is 0.265 e. The van der Waals surface area contributed by atoms with Crippen LogP contribution in [0.3, 0.4) is 0 Å². The highest BCUT2D eigenvalue weighted by Crippen LogP contribution is 2.32. The summed E-state index contributed by atoms with van der Waals surface area (Å²) in [7, 11) is 0. The molecule has 2 aromatic carbocycles. The normalized spacial score (nSPS) is 17.9. The molecular weight excluding hydrogens is 436 g/mol. The fraction of sp³-hybridized carbons (Fsp3) is 0.400. The average Bonchev–Trinajstić information content (AvgIpc) is 3.41. The van der Waals surface area contributed by atoms with Gasteiger partial charge in [0.15, 0.2) is 6.61 Å². The molecule has 0 unspecified atom stereocenters. The fourth-order valence-corrected chi connectivity index (χ4v) is 4.59. The molecule has 0 aliphatic carbocycles. The van der Waals surface area contributed by atoms with Gasteiger partial charge in [0.25, 0.3) is 11.8 Å². The Hall–Kier alpha value is -3.59. The molecule has 0 saturated carbocycles. The standard InChI is InChI=1S/C25H28N4O5/c30-23(16-29-21-5-1-2-6-22(21)34-17-24(29)31)26-20-8-7-18(27-11-13-33-14-12-27)15-19(20)25(32)28-9-3-4-10-28/h1-2,5-8,15H,3-4,9-14,16-17H2,(H,26,30). The number of ether oxygens (including phenoxy) is 2. The molecule has 0 radical (unpaired) electrons. The van der Waals surface area contributed by atoms with E-state index >= 15 is 0 Å². The van der Waals surface area contributed by atoms with Gasteiger partial charge in [-0.2, -0.15) is 0 Å². The van der Waals surface area contributed by atoms with Crippen molar-refractivity contribution in [3.63, 3.8) is 0 Å². The highest BCUT2D eigenvalue weighted by molar-refractivity contribution is 6.08. The number of benzene rings is 2. The van der Waals surface area contributed by atoms with Gasteiger partial charge in [0.2, 0.25) is 5.91 Å². The largest absolute Gasteiger partial charge is 0.482 e. The predicted molar refractivity (Wildman–Crippen MR) is 128 cm³/mol. The van der Waals surface area contributed by atoms with E-state index in [1.54, 1.807) is 24.3 Å². The number of amides is 3. The number of carbonyl (C=O) groups excluding carboxylic acids is 3. The van der Waals surface area contributed by atoms with Gasteiger partial charge in [0, 0.05) is 31.9 Å². The van der Waals surface area contributed by atoms with Crippen molar-refractivity contribution in [2.24, 2.45) is 0 Å². The summed E-state index contributed by atoms with van der Waals surface area (Å²) >= 11 is 0. The van der Waals surface area contributed by atoms with Gasteiger partial charge < -0.3 is 24.6 Å². The molecule has 9 heteroatoms. The Morgan fingerprint density at radius 3 is 2.53 bits per heavy atom. The topological polar surface area (TPSA) is 91.4 Å². The lowest BCUT2D eigenvalue weighted by molar-refractivity contribution is -0.123. The van der Waals surface area contributed by atoms with Crippen LogP contribution in [0.2, 0.25) is 0 Å². The molecule has 34 heavy (non-hydrogen) atoms. The van der Waals surface area contributed by atoms with Gasteiger partial charge in [-0.05, 0) is 43.2 Å². The third-order valence-corrected chi connectivity index (χ3v) is 6.39. The summed E-state index contributed by atoms with van der Waals surface area (Å²) in [5, 5.41) is 2.88. The molecule has 0 atom stereocenters. The minimum Gasteiger partial charge on any atom is -0.482 e. The summed E-state index contributed by atoms with van der Waals surface area (Å²) in [5.74, 6) is -0.185. The number of hydrogen-bond donors (Lipinski definition) is 1. The van der Waals surface area contributed by atoms with Crippen LogP contribution in [0.4, 0.5) is 17.1 Å². The Morgan fingerprint density at radius 1 is 0.971 bits per heavy atom. The van der Waals surface area contributed by atoms with Gasteiger partial charge in [-0.3, -0.25) is 19.3 Å². The first-order valence-electron chi connectivity index (χ1n) is 11.7. The van der Waals surface area contributed by atoms with Gasteiger partial charge in [0.1, 0.15) is 12.3 Å². The van der Waals surface area contributed by atoms with Crippen LogP contribution in [0.5, 0.6) is 5.75 Å². The Bertz CT molecular complexity index is 1090. The molecule has 2 saturated heterocycles. The van der Waals surface area contributed by atoms with Crippen LogP contribution in [0.15, 0.2) is 42.5 Å². The number of likely N-dealkylation sites (tertiary alicyclic amines) is 1. The highest BCUT2D eigenvalue weighted by atomic mass is 16.5. The van der Waals surface area contributed by atoms with Crippen molar-refractivity contribution in [1.82, 2.24) is 4.90 Å². The number of anilines is 3. The van der Waals surface area contributed by atoms with Crippen molar-refractivity contribution < 1.29 is 23.9 Å². The number of hydrogen-bond acceptors (Lipinski definition) is 6. The quantitative estimate of drug-likeness (QED) is 0.729. The lowest BCUT2D eigenvalue weighted by Crippen LogP contribution is -2.43. The van der Waals surface area contributed by atoms with Crippen molar-refractivity contribution in [1.29, 1.82) is 0 Å². The highest BCUT2D eigenvalue weighted by Gasteiger charge is 2.28. The van der Waals surface area contributed by atoms with Gasteiger partial charge in [-0.15, -0.1) is 0 Å². The molecule has 3 amide bonds. The van der Waals surface area contributed by atoms with E-state index in [2.05, 4.69) is 10.2 Å². The van der Waals surface area contributed by atoms with Gasteiger partial charge in [0.05, 0.1) is 30.2 Å². The summed E-state index contributed by atoms with van der Waals surface area (Å²) < 4.78 is 10.9. The monoisotopic (exact) mass is 464 g/mol. The zero-order valence-electron chi connectivity index (χ0n) is 19.0. The number of rotatable bonds is 5. The van der Waals surface area contributed by atoms with Gasteiger partial charge >= 0.3 is 0 Å². The number of nitrogens with one attached hydrogen (secondary N) is 1. The first-order chi connectivity index (χ1) is 16.6. The smallest absolute Gasteiger partial charge is 0.265 e. The van der Waals surface area contributed by atoms with E-state index in [1.807, 2.05) is 23.1 Å². The van der Waals surface area contributed by atoms with Crippen molar-refractivity contribution in [3.05, 3.63) is 48.0 Å². The summed E-state index contributed by atoms with van der Waals surface area (Å²) in [4.78, 5) is 44.2. The fourth-order valence-electron chi connectivity index (χ4n) is 4.59. The zero-order valence-corrected chi connectivity index (χ0v) is 19.0. The van der Waals surface area contributed by atoms with Gasteiger partial charge in [-0.1, -0.05) is 12.1 Å². The van der Waals surface area contributed by atoms with Crippen LogP contribution in [0.1, 0.15) is 23.2 Å². The molecule has 3 aliphatic heterocycles. The minimum absolute atomic E-state index is 0.0873. The van der Waals surface area contributed by atoms with Crippen LogP contribution in [0.25, 0.3) is 0 Å². The number of nitrogens with zero attached hydrogens (tertiary/aromatic N) is 3. The maximum atomic E-state index is 13.3. The SMILES string of the molecule is O=C(CN1C(=O)COc2ccccc21)Nc1ccc(N2CCOCC2)cc1C(=O)N1CCCC1. The Kier molecular flexibility index (Phi) is 6.35. The number of fused-ring (bicyclic) bond motifs is 1. The Morgan fingerprint density at radius 2 is 1.74 bits per heavy atom. The third kappa shape index (κ3) is 4.56. The second-order valence-electron chi connectivity index (χ2n) is 8.61. The second kappa shape index (κ2) is 9.72. The molecule has 178 valence electrons. The van der Waals surface area contributed by atoms with Crippen molar-refractivity contribution in [3.8, 4) is 5.75 Å². The van der Waals surface area contributed by atoms with Crippen LogP contribution in [-0.4, -0.2) is 75.2 Å². The number of para-hydroxylation sites is 2. The molecule has 0 spiro atoms. The summed E-state index contributed by atoms with van der Waals surface area (Å²) in [6, 6.07) is 12.7. The third-order valence-electron chi connectivity index (χ3n) is 6.39. The lowest BCUT2D eigenvalue weighted by Gasteiger charge is -2.30. The van der Waals surface area contributed by atoms with Crippen LogP contribution in [-0.2, 0) is 14.3 Å². The average molecular weight is 465 g/mol. The minimum atomic E-state index is -0.375. The van der Waals surface area contributed by atoms with E-state index in [9.17, 15) is 14.4 Å². The molecule has 2 aromatic rings. The second-order valence-corrected chi connectivity index (χ2v) is 8.61. The maximum absolute atomic E-state index is 13.3. The van der Waals surface area contributed by atoms with Crippen LogP contribution >= 0.6 is 0 Å². The van der Waals surface area contributed by atoms with E-state index in [4.69, 9.17) is 9.47 Å². The summed E-state index contributed by atoms with van der Waals surface area (Å²) in [5.41, 5.74) is 2.41. The molecule has 3 heterocycles. The molecule has 3 aliphatic rings. The van der Waals surface area contributed by atoms with Crippen LogP contribution in [0, 0.1) is 0 Å². The van der Waals surface area contributed by atoms with E-state index in [-0.39, 0.29) is 30.9 Å². The summed E-state index contributed by atoms with van der Waals surface area (Å²) in [6.07, 6.45) is 1.96. The Balaban J connectivity index is 1.38. The van der Waals surface area contributed by atoms with E-state index in [1.165, 1.54) is 4.90 Å². The van der Waals surface area contributed by atoms with E-state index in [0.717, 1.165) is 31.6 Å². The molecular formula is C25H28N4O5. The molecule has 9 nitrogen and oxygen atoms in total. The molecule has 2 fully saturated rings. The van der Waals surface area contributed by atoms with Crippen molar-refractivity contribution in [2.45, 2.75) is 12.8 Å². The van der Waals surface area contributed by atoms with E-state index in [0.29, 0.717) is 49.0 Å². The van der Waals surface area contributed by atoms with Crippen molar-refractivity contribution >= 4 is 34.8 Å². The first kappa shape index (κ1) is 22.2. The first-order valence-corrected chi connectivity index (χ1v) is 11.7. The van der Waals surface area contributed by atoms with Gasteiger partial charge in [-0.25, -0.2) is 0 Å². The molecule has 0 aromatic heterocycles. The van der Waals surface area contributed by atoms with Crippen LogP contribution < -0.4 is 19.9 Å². The molecule has 0 bridgehead atoms. The van der Waals surface area contributed by atoms with E-state index < -0.39 is 0 Å². The predicted octanol–water partition coefficient (Wildman–Crippen LogP) is 2.12. The molecule has 1 N–H and O–H groups in total. The summed E-state index contributed by atoms with van der Waals surface area (Å²) in [6.45, 7) is 3.94. The Labute approximate surface area is 198 Å². The number of carbonyl (C=O) groups is 3. The number of morpholine rings is 1. The molecule has 5 rings (SSSR count). The van der Waals surface area contributed by atoms with Crippen molar-refractivity contribution in [2.75, 3.05) is 67.7 Å².